The first-order valence-corrected chi connectivity index (χ1v) is 6.78. The van der Waals surface area contributed by atoms with Crippen LogP contribution in [0, 0.1) is 0 Å². The summed E-state index contributed by atoms with van der Waals surface area (Å²) in [6.07, 6.45) is 1.99. The Morgan fingerprint density at radius 2 is 1.68 bits per heavy atom. The molecular weight excluding hydrogens is 234 g/mol. The van der Waals surface area contributed by atoms with Crippen molar-refractivity contribution in [1.82, 2.24) is 9.91 Å². The Hall–Kier alpha value is -1.87. The summed E-state index contributed by atoms with van der Waals surface area (Å²) in [6.45, 7) is 4.20. The number of hydrogen-bond acceptors (Lipinski definition) is 3. The van der Waals surface area contributed by atoms with Gasteiger partial charge >= 0.3 is 0 Å². The summed E-state index contributed by atoms with van der Waals surface area (Å²) in [5.74, 6) is 0. The van der Waals surface area contributed by atoms with Gasteiger partial charge in [0.15, 0.2) is 0 Å². The van der Waals surface area contributed by atoms with Crippen molar-refractivity contribution in [3.8, 4) is 0 Å². The fraction of sp³-hybridized carbons (Fsp3) is 0.312. The van der Waals surface area contributed by atoms with Gasteiger partial charge in [0.2, 0.25) is 0 Å². The van der Waals surface area contributed by atoms with Gasteiger partial charge in [-0.1, -0.05) is 42.5 Å². The van der Waals surface area contributed by atoms with E-state index in [0.29, 0.717) is 0 Å². The highest BCUT2D eigenvalue weighted by atomic mass is 15.5. The van der Waals surface area contributed by atoms with Gasteiger partial charge in [0.1, 0.15) is 0 Å². The van der Waals surface area contributed by atoms with E-state index in [1.54, 1.807) is 0 Å². The summed E-state index contributed by atoms with van der Waals surface area (Å²) in [4.78, 5) is 2.34. The molecule has 1 fully saturated rings. The van der Waals surface area contributed by atoms with Crippen LogP contribution < -0.4 is 0 Å². The van der Waals surface area contributed by atoms with Crippen molar-refractivity contribution in [2.75, 3.05) is 33.2 Å². The van der Waals surface area contributed by atoms with E-state index in [4.69, 9.17) is 0 Å². The molecular formula is C16H19N3. The molecule has 2 aromatic carbocycles. The summed E-state index contributed by atoms with van der Waals surface area (Å²) >= 11 is 0. The molecule has 1 aliphatic heterocycles. The number of hydrazone groups is 1. The Bertz CT molecular complexity index is 578. The Balaban J connectivity index is 1.81. The number of rotatable bonds is 2. The van der Waals surface area contributed by atoms with Gasteiger partial charge in [-0.15, -0.1) is 0 Å². The van der Waals surface area contributed by atoms with E-state index < -0.39 is 0 Å². The van der Waals surface area contributed by atoms with E-state index >= 15 is 0 Å². The Labute approximate surface area is 114 Å². The number of piperazine rings is 1. The van der Waals surface area contributed by atoms with Gasteiger partial charge < -0.3 is 4.90 Å². The van der Waals surface area contributed by atoms with Gasteiger partial charge in [-0.05, 0) is 17.8 Å². The second-order valence-electron chi connectivity index (χ2n) is 5.07. The molecule has 0 radical (unpaired) electrons. The lowest BCUT2D eigenvalue weighted by atomic mass is 10.1. The average Bonchev–Trinajstić information content (AvgIpc) is 2.47. The Kier molecular flexibility index (Phi) is 3.47. The molecule has 0 atom stereocenters. The Morgan fingerprint density at radius 1 is 0.947 bits per heavy atom. The summed E-state index contributed by atoms with van der Waals surface area (Å²) in [5.41, 5.74) is 1.19. The van der Waals surface area contributed by atoms with E-state index in [9.17, 15) is 0 Å². The highest BCUT2D eigenvalue weighted by Gasteiger charge is 2.10. The molecule has 1 heterocycles. The lowest BCUT2D eigenvalue weighted by Gasteiger charge is -2.30. The van der Waals surface area contributed by atoms with Crippen LogP contribution in [0.4, 0.5) is 0 Å². The third-order valence-electron chi connectivity index (χ3n) is 3.66. The molecule has 0 spiro atoms. The zero-order valence-electron chi connectivity index (χ0n) is 11.3. The summed E-state index contributed by atoms with van der Waals surface area (Å²) < 4.78 is 0. The minimum atomic E-state index is 1.01. The van der Waals surface area contributed by atoms with Crippen LogP contribution in [0.25, 0.3) is 10.8 Å². The highest BCUT2D eigenvalue weighted by molar-refractivity contribution is 5.99. The standard InChI is InChI=1S/C16H19N3/c1-18-9-11-19(12-10-18)17-13-15-7-4-6-14-5-2-3-8-16(14)15/h2-8,13H,9-12H2,1H3/b17-13+. The first-order chi connectivity index (χ1) is 9.33. The summed E-state index contributed by atoms with van der Waals surface area (Å²) in [6, 6.07) is 14.8. The van der Waals surface area contributed by atoms with Crippen molar-refractivity contribution in [1.29, 1.82) is 0 Å². The van der Waals surface area contributed by atoms with Gasteiger partial charge in [-0.25, -0.2) is 0 Å². The molecule has 0 aliphatic carbocycles. The first-order valence-electron chi connectivity index (χ1n) is 6.78. The molecule has 0 amide bonds. The van der Waals surface area contributed by atoms with Crippen molar-refractivity contribution in [3.05, 3.63) is 48.0 Å². The van der Waals surface area contributed by atoms with Crippen molar-refractivity contribution in [2.45, 2.75) is 0 Å². The number of hydrogen-bond donors (Lipinski definition) is 0. The van der Waals surface area contributed by atoms with Gasteiger partial charge in [0.05, 0.1) is 6.21 Å². The summed E-state index contributed by atoms with van der Waals surface area (Å²) in [7, 11) is 2.16. The molecule has 19 heavy (non-hydrogen) atoms. The number of likely N-dealkylation sites (N-methyl/N-ethyl adjacent to an activating group) is 1. The van der Waals surface area contributed by atoms with Gasteiger partial charge in [0, 0.05) is 31.7 Å². The van der Waals surface area contributed by atoms with Crippen LogP contribution in [0.5, 0.6) is 0 Å². The van der Waals surface area contributed by atoms with Crippen molar-refractivity contribution < 1.29 is 0 Å². The van der Waals surface area contributed by atoms with Crippen molar-refractivity contribution in [3.63, 3.8) is 0 Å². The third-order valence-corrected chi connectivity index (χ3v) is 3.66. The Morgan fingerprint density at radius 3 is 2.53 bits per heavy atom. The van der Waals surface area contributed by atoms with E-state index in [0.717, 1.165) is 26.2 Å². The molecule has 0 aromatic heterocycles. The van der Waals surface area contributed by atoms with E-state index in [1.807, 2.05) is 6.21 Å². The average molecular weight is 253 g/mol. The predicted octanol–water partition coefficient (Wildman–Crippen LogP) is 2.42. The SMILES string of the molecule is CN1CCN(/N=C/c2cccc3ccccc23)CC1. The first kappa shape index (κ1) is 12.2. The van der Waals surface area contributed by atoms with Crippen LogP contribution in [0.3, 0.4) is 0 Å². The highest BCUT2D eigenvalue weighted by Crippen LogP contribution is 2.17. The molecule has 0 N–H and O–H groups in total. The second kappa shape index (κ2) is 5.41. The number of nitrogens with zero attached hydrogens (tertiary/aromatic N) is 3. The zero-order valence-corrected chi connectivity index (χ0v) is 11.3. The topological polar surface area (TPSA) is 18.8 Å². The van der Waals surface area contributed by atoms with E-state index in [2.05, 4.69) is 64.5 Å². The smallest absolute Gasteiger partial charge is 0.0549 e. The minimum absolute atomic E-state index is 1.01. The monoisotopic (exact) mass is 253 g/mol. The molecule has 3 nitrogen and oxygen atoms in total. The largest absolute Gasteiger partial charge is 0.303 e. The maximum absolute atomic E-state index is 4.62. The van der Waals surface area contributed by atoms with Crippen LogP contribution in [-0.4, -0.2) is 49.4 Å². The molecule has 1 aliphatic rings. The number of fused-ring (bicyclic) bond motifs is 1. The fourth-order valence-corrected chi connectivity index (χ4v) is 2.42. The molecule has 2 aromatic rings. The lowest BCUT2D eigenvalue weighted by Crippen LogP contribution is -2.41. The fourth-order valence-electron chi connectivity index (χ4n) is 2.42. The normalized spacial score (nSPS) is 17.4. The van der Waals surface area contributed by atoms with Crippen LogP contribution in [0.1, 0.15) is 5.56 Å². The van der Waals surface area contributed by atoms with E-state index in [1.165, 1.54) is 16.3 Å². The minimum Gasteiger partial charge on any atom is -0.303 e. The third kappa shape index (κ3) is 2.76. The zero-order chi connectivity index (χ0) is 13.1. The van der Waals surface area contributed by atoms with Crippen LogP contribution >= 0.6 is 0 Å². The van der Waals surface area contributed by atoms with Crippen LogP contribution in [0.2, 0.25) is 0 Å². The van der Waals surface area contributed by atoms with E-state index in [-0.39, 0.29) is 0 Å². The molecule has 3 heteroatoms. The van der Waals surface area contributed by atoms with Crippen LogP contribution in [0.15, 0.2) is 47.6 Å². The van der Waals surface area contributed by atoms with Gasteiger partial charge in [0.25, 0.3) is 0 Å². The molecule has 1 saturated heterocycles. The predicted molar refractivity (Wildman–Crippen MR) is 80.6 cm³/mol. The quantitative estimate of drug-likeness (QED) is 0.765. The van der Waals surface area contributed by atoms with Gasteiger partial charge in [-0.3, -0.25) is 5.01 Å². The molecule has 0 unspecified atom stereocenters. The second-order valence-corrected chi connectivity index (χ2v) is 5.07. The maximum Gasteiger partial charge on any atom is 0.0549 e. The maximum atomic E-state index is 4.62. The summed E-state index contributed by atoms with van der Waals surface area (Å²) in [5, 5.41) is 9.31. The van der Waals surface area contributed by atoms with Crippen molar-refractivity contribution >= 4 is 17.0 Å². The van der Waals surface area contributed by atoms with Crippen molar-refractivity contribution in [2.24, 2.45) is 5.10 Å². The van der Waals surface area contributed by atoms with Crippen LogP contribution in [-0.2, 0) is 0 Å². The molecule has 3 rings (SSSR count). The lowest BCUT2D eigenvalue weighted by molar-refractivity contribution is 0.159. The number of benzene rings is 2. The van der Waals surface area contributed by atoms with Gasteiger partial charge in [-0.2, -0.15) is 5.10 Å². The molecule has 0 saturated carbocycles. The molecule has 98 valence electrons. The molecule has 0 bridgehead atoms.